The fourth-order valence-electron chi connectivity index (χ4n) is 3.26. The Morgan fingerprint density at radius 2 is 1.83 bits per heavy atom. The third-order valence-corrected chi connectivity index (χ3v) is 5.63. The topological polar surface area (TPSA) is 51.7 Å². The maximum absolute atomic E-state index is 12.7. The molecule has 2 saturated heterocycles. The van der Waals surface area contributed by atoms with Crippen molar-refractivity contribution in [2.75, 3.05) is 26.3 Å². The number of amides is 1. The molecule has 0 bridgehead atoms. The Hall–Kier alpha value is -1.76. The Morgan fingerprint density at radius 3 is 2.42 bits per heavy atom. The lowest BCUT2D eigenvalue weighted by atomic mass is 10.0. The molecule has 0 atom stereocenters. The normalized spacial score (nSPS) is 19.8. The Kier molecular flexibility index (Phi) is 4.12. The van der Waals surface area contributed by atoms with Gasteiger partial charge < -0.3 is 14.4 Å². The average Bonchev–Trinajstić information content (AvgIpc) is 3.25. The lowest BCUT2D eigenvalue weighted by molar-refractivity contribution is -0.181. The van der Waals surface area contributed by atoms with Crippen molar-refractivity contribution >= 4 is 17.2 Å². The van der Waals surface area contributed by atoms with E-state index in [2.05, 4.69) is 4.98 Å². The van der Waals surface area contributed by atoms with E-state index in [0.29, 0.717) is 26.3 Å². The molecular weight excluding hydrogens is 324 g/mol. The second-order valence-corrected chi connectivity index (χ2v) is 7.13. The number of benzene rings is 1. The summed E-state index contributed by atoms with van der Waals surface area (Å²) >= 11 is 1.62. The Bertz CT molecular complexity index is 725. The minimum atomic E-state index is -0.441. The molecule has 0 saturated carbocycles. The van der Waals surface area contributed by atoms with Crippen molar-refractivity contribution in [1.29, 1.82) is 0 Å². The highest BCUT2D eigenvalue weighted by Crippen LogP contribution is 2.32. The van der Waals surface area contributed by atoms with Crippen LogP contribution in [0.15, 0.2) is 29.6 Å². The SMILES string of the molecule is Cc1csc(-c2ccc(C(=O)N3CCC4(CC3)OCCO4)cc2)n1. The summed E-state index contributed by atoms with van der Waals surface area (Å²) in [5, 5.41) is 3.02. The molecule has 0 N–H and O–H groups in total. The summed E-state index contributed by atoms with van der Waals surface area (Å²) in [4.78, 5) is 19.1. The summed E-state index contributed by atoms with van der Waals surface area (Å²) in [5.74, 6) is -0.367. The van der Waals surface area contributed by atoms with Crippen molar-refractivity contribution in [3.63, 3.8) is 0 Å². The van der Waals surface area contributed by atoms with E-state index in [9.17, 15) is 4.79 Å². The van der Waals surface area contributed by atoms with Gasteiger partial charge in [0.2, 0.25) is 0 Å². The molecule has 2 aliphatic rings. The molecule has 5 nitrogen and oxygen atoms in total. The van der Waals surface area contributed by atoms with Gasteiger partial charge in [0, 0.05) is 48.1 Å². The van der Waals surface area contributed by atoms with Crippen LogP contribution >= 0.6 is 11.3 Å². The molecule has 2 aliphatic heterocycles. The van der Waals surface area contributed by atoms with E-state index >= 15 is 0 Å². The maximum atomic E-state index is 12.7. The molecule has 4 rings (SSSR count). The molecule has 126 valence electrons. The van der Waals surface area contributed by atoms with Gasteiger partial charge in [0.25, 0.3) is 5.91 Å². The van der Waals surface area contributed by atoms with Gasteiger partial charge in [-0.05, 0) is 19.1 Å². The second-order valence-electron chi connectivity index (χ2n) is 6.27. The minimum absolute atomic E-state index is 0.0738. The fraction of sp³-hybridized carbons (Fsp3) is 0.444. The number of aryl methyl sites for hydroxylation is 1. The third kappa shape index (κ3) is 2.97. The van der Waals surface area contributed by atoms with Gasteiger partial charge in [-0.3, -0.25) is 4.79 Å². The monoisotopic (exact) mass is 344 g/mol. The molecule has 1 spiro atoms. The quantitative estimate of drug-likeness (QED) is 0.840. The van der Waals surface area contributed by atoms with Gasteiger partial charge in [-0.15, -0.1) is 11.3 Å². The molecule has 0 unspecified atom stereocenters. The highest BCUT2D eigenvalue weighted by Gasteiger charge is 2.40. The molecule has 24 heavy (non-hydrogen) atoms. The zero-order valence-electron chi connectivity index (χ0n) is 13.7. The zero-order chi connectivity index (χ0) is 16.6. The largest absolute Gasteiger partial charge is 0.347 e. The molecule has 0 aliphatic carbocycles. The first kappa shape index (κ1) is 15.7. The molecule has 2 aromatic rings. The fourth-order valence-corrected chi connectivity index (χ4v) is 4.06. The Balaban J connectivity index is 1.43. The summed E-state index contributed by atoms with van der Waals surface area (Å²) in [6, 6.07) is 7.73. The van der Waals surface area contributed by atoms with Crippen LogP contribution in [0.25, 0.3) is 10.6 Å². The minimum Gasteiger partial charge on any atom is -0.347 e. The van der Waals surface area contributed by atoms with Crippen LogP contribution < -0.4 is 0 Å². The summed E-state index contributed by atoms with van der Waals surface area (Å²) in [6.45, 7) is 4.65. The van der Waals surface area contributed by atoms with E-state index in [1.807, 2.05) is 41.5 Å². The first-order chi connectivity index (χ1) is 11.7. The van der Waals surface area contributed by atoms with Crippen LogP contribution in [0.1, 0.15) is 28.9 Å². The van der Waals surface area contributed by atoms with Gasteiger partial charge in [0.15, 0.2) is 5.79 Å². The van der Waals surface area contributed by atoms with E-state index in [1.165, 1.54) is 0 Å². The van der Waals surface area contributed by atoms with Crippen molar-refractivity contribution in [2.45, 2.75) is 25.6 Å². The van der Waals surface area contributed by atoms with Gasteiger partial charge in [-0.1, -0.05) is 12.1 Å². The van der Waals surface area contributed by atoms with Crippen LogP contribution in [0.3, 0.4) is 0 Å². The molecule has 1 amide bonds. The predicted octanol–water partition coefficient (Wildman–Crippen LogP) is 3.10. The van der Waals surface area contributed by atoms with Crippen LogP contribution in [-0.4, -0.2) is 47.9 Å². The third-order valence-electron chi connectivity index (χ3n) is 4.62. The number of carbonyl (C=O) groups excluding carboxylic acids is 1. The highest BCUT2D eigenvalue weighted by molar-refractivity contribution is 7.13. The summed E-state index contributed by atoms with van der Waals surface area (Å²) in [7, 11) is 0. The lowest BCUT2D eigenvalue weighted by Crippen LogP contribution is -2.47. The molecule has 6 heteroatoms. The molecule has 1 aromatic carbocycles. The summed E-state index contributed by atoms with van der Waals surface area (Å²) < 4.78 is 11.4. The zero-order valence-corrected chi connectivity index (χ0v) is 14.5. The number of likely N-dealkylation sites (tertiary alicyclic amines) is 1. The van der Waals surface area contributed by atoms with Gasteiger partial charge in [-0.25, -0.2) is 4.98 Å². The van der Waals surface area contributed by atoms with Crippen LogP contribution in [-0.2, 0) is 9.47 Å². The van der Waals surface area contributed by atoms with Gasteiger partial charge in [0.1, 0.15) is 5.01 Å². The van der Waals surface area contributed by atoms with Gasteiger partial charge in [0.05, 0.1) is 13.2 Å². The van der Waals surface area contributed by atoms with Crippen LogP contribution in [0, 0.1) is 6.92 Å². The maximum Gasteiger partial charge on any atom is 0.253 e. The van der Waals surface area contributed by atoms with Crippen molar-refractivity contribution < 1.29 is 14.3 Å². The Morgan fingerprint density at radius 1 is 1.17 bits per heavy atom. The molecular formula is C18H20N2O3S. The average molecular weight is 344 g/mol. The van der Waals surface area contributed by atoms with Crippen LogP contribution in [0.4, 0.5) is 0 Å². The first-order valence-electron chi connectivity index (χ1n) is 8.25. The molecule has 2 fully saturated rings. The van der Waals surface area contributed by atoms with E-state index < -0.39 is 5.79 Å². The number of hydrogen-bond donors (Lipinski definition) is 0. The number of carbonyl (C=O) groups is 1. The van der Waals surface area contributed by atoms with Crippen LogP contribution in [0.2, 0.25) is 0 Å². The molecule has 3 heterocycles. The van der Waals surface area contributed by atoms with Crippen molar-refractivity contribution in [2.24, 2.45) is 0 Å². The van der Waals surface area contributed by atoms with Gasteiger partial charge >= 0.3 is 0 Å². The number of nitrogens with zero attached hydrogens (tertiary/aromatic N) is 2. The molecule has 0 radical (unpaired) electrons. The standard InChI is InChI=1S/C18H20N2O3S/c1-13-12-24-16(19-13)14-2-4-15(5-3-14)17(21)20-8-6-18(7-9-20)22-10-11-23-18/h2-5,12H,6-11H2,1H3. The first-order valence-corrected chi connectivity index (χ1v) is 9.13. The van der Waals surface area contributed by atoms with Crippen LogP contribution in [0.5, 0.6) is 0 Å². The number of thiazole rings is 1. The van der Waals surface area contributed by atoms with E-state index in [0.717, 1.165) is 34.7 Å². The number of hydrogen-bond acceptors (Lipinski definition) is 5. The van der Waals surface area contributed by atoms with Gasteiger partial charge in [-0.2, -0.15) is 0 Å². The van der Waals surface area contributed by atoms with Crippen molar-refractivity contribution in [3.05, 3.63) is 40.9 Å². The van der Waals surface area contributed by atoms with E-state index in [-0.39, 0.29) is 5.91 Å². The van der Waals surface area contributed by atoms with Crippen molar-refractivity contribution in [1.82, 2.24) is 9.88 Å². The summed E-state index contributed by atoms with van der Waals surface area (Å²) in [6.07, 6.45) is 1.49. The number of aromatic nitrogens is 1. The highest BCUT2D eigenvalue weighted by atomic mass is 32.1. The number of ether oxygens (including phenoxy) is 2. The predicted molar refractivity (Wildman–Crippen MR) is 92.1 cm³/mol. The van der Waals surface area contributed by atoms with E-state index in [1.54, 1.807) is 11.3 Å². The second kappa shape index (κ2) is 6.27. The molecule has 1 aromatic heterocycles. The lowest BCUT2D eigenvalue weighted by Gasteiger charge is -2.37. The number of rotatable bonds is 2. The van der Waals surface area contributed by atoms with Crippen molar-refractivity contribution in [3.8, 4) is 10.6 Å². The van der Waals surface area contributed by atoms with E-state index in [4.69, 9.17) is 9.47 Å². The summed E-state index contributed by atoms with van der Waals surface area (Å²) in [5.41, 5.74) is 2.79. The Labute approximate surface area is 145 Å². The smallest absolute Gasteiger partial charge is 0.253 e. The number of piperidine rings is 1.